The van der Waals surface area contributed by atoms with Crippen LogP contribution in [0.5, 0.6) is 0 Å². The minimum absolute atomic E-state index is 0.113. The molecule has 2 N–H and O–H groups in total. The number of aromatic carboxylic acids is 1. The van der Waals surface area contributed by atoms with E-state index in [0.717, 1.165) is 29.3 Å². The van der Waals surface area contributed by atoms with Crippen LogP contribution in [0, 0.1) is 0 Å². The number of carboxylic acids is 1. The lowest BCUT2D eigenvalue weighted by molar-refractivity contribution is 0.0696. The average Bonchev–Trinajstić information content (AvgIpc) is 3.46. The number of nitrogens with one attached hydrogen (secondary N) is 1. The third-order valence-electron chi connectivity index (χ3n) is 6.02. The highest BCUT2D eigenvalue weighted by Crippen LogP contribution is 2.45. The summed E-state index contributed by atoms with van der Waals surface area (Å²) in [6.45, 7) is 0.691. The van der Waals surface area contributed by atoms with Gasteiger partial charge in [0.2, 0.25) is 0 Å². The van der Waals surface area contributed by atoms with Crippen LogP contribution in [0.3, 0.4) is 0 Å². The van der Waals surface area contributed by atoms with E-state index in [1.165, 1.54) is 5.56 Å². The number of nitrogens with zero attached hydrogens (tertiary/aromatic N) is 1. The lowest BCUT2D eigenvalue weighted by Gasteiger charge is -2.19. The number of fused-ring (bicyclic) bond motifs is 1. The molecule has 5 nitrogen and oxygen atoms in total. The summed E-state index contributed by atoms with van der Waals surface area (Å²) in [4.78, 5) is 24.5. The summed E-state index contributed by atoms with van der Waals surface area (Å²) in [6, 6.07) is 24.8. The van der Waals surface area contributed by atoms with Crippen LogP contribution >= 0.6 is 0 Å². The van der Waals surface area contributed by atoms with Crippen molar-refractivity contribution < 1.29 is 14.7 Å². The lowest BCUT2D eigenvalue weighted by atomic mass is 10.0. The van der Waals surface area contributed by atoms with Crippen LogP contribution in [0.15, 0.2) is 85.1 Å². The maximum atomic E-state index is 13.3. The molecule has 1 aliphatic carbocycles. The second-order valence-corrected chi connectivity index (χ2v) is 8.09. The molecule has 1 fully saturated rings. The number of hydrogen-bond acceptors (Lipinski definition) is 2. The molecule has 0 aliphatic heterocycles. The van der Waals surface area contributed by atoms with Crippen LogP contribution in [0.2, 0.25) is 0 Å². The number of carbonyl (C=O) groups is 2. The summed E-state index contributed by atoms with van der Waals surface area (Å²) < 4.78 is 2.11. The average molecular weight is 410 g/mol. The van der Waals surface area contributed by atoms with Crippen molar-refractivity contribution in [3.63, 3.8) is 0 Å². The predicted molar refractivity (Wildman–Crippen MR) is 119 cm³/mol. The Morgan fingerprint density at radius 2 is 1.65 bits per heavy atom. The van der Waals surface area contributed by atoms with E-state index in [1.807, 2.05) is 48.7 Å². The largest absolute Gasteiger partial charge is 0.478 e. The van der Waals surface area contributed by atoms with Crippen molar-refractivity contribution in [3.05, 3.63) is 107 Å². The Morgan fingerprint density at radius 3 is 2.32 bits per heavy atom. The molecule has 5 heteroatoms. The third kappa shape index (κ3) is 3.59. The first kappa shape index (κ1) is 19.1. The van der Waals surface area contributed by atoms with E-state index in [-0.39, 0.29) is 11.5 Å². The van der Waals surface area contributed by atoms with Gasteiger partial charge in [-0.05, 0) is 48.2 Å². The van der Waals surface area contributed by atoms with Gasteiger partial charge in [-0.2, -0.15) is 0 Å². The number of aromatic nitrogens is 1. The van der Waals surface area contributed by atoms with Gasteiger partial charge in [0, 0.05) is 18.1 Å². The van der Waals surface area contributed by atoms with Crippen LogP contribution in [-0.4, -0.2) is 21.6 Å². The first-order valence-electron chi connectivity index (χ1n) is 10.3. The molecule has 0 spiro atoms. The molecule has 0 saturated heterocycles. The summed E-state index contributed by atoms with van der Waals surface area (Å²) in [7, 11) is 0. The quantitative estimate of drug-likeness (QED) is 0.479. The Hall–Kier alpha value is -3.86. The Kier molecular flexibility index (Phi) is 4.59. The van der Waals surface area contributed by atoms with E-state index in [4.69, 9.17) is 5.11 Å². The number of amides is 1. The smallest absolute Gasteiger partial charge is 0.335 e. The van der Waals surface area contributed by atoms with Crippen LogP contribution < -0.4 is 5.32 Å². The molecule has 1 saturated carbocycles. The second kappa shape index (κ2) is 7.43. The highest BCUT2D eigenvalue weighted by atomic mass is 16.4. The van der Waals surface area contributed by atoms with Crippen molar-refractivity contribution in [1.29, 1.82) is 0 Å². The van der Waals surface area contributed by atoms with Gasteiger partial charge in [-0.15, -0.1) is 0 Å². The van der Waals surface area contributed by atoms with Crippen LogP contribution in [0.25, 0.3) is 10.9 Å². The Morgan fingerprint density at radius 1 is 0.903 bits per heavy atom. The van der Waals surface area contributed by atoms with Crippen LogP contribution in [0.4, 0.5) is 0 Å². The van der Waals surface area contributed by atoms with Gasteiger partial charge >= 0.3 is 5.97 Å². The molecule has 0 bridgehead atoms. The van der Waals surface area contributed by atoms with Crippen molar-refractivity contribution in [3.8, 4) is 0 Å². The Labute approximate surface area is 179 Å². The molecule has 0 radical (unpaired) electrons. The monoisotopic (exact) mass is 410 g/mol. The molecule has 31 heavy (non-hydrogen) atoms. The third-order valence-corrected chi connectivity index (χ3v) is 6.02. The van der Waals surface area contributed by atoms with Crippen molar-refractivity contribution in [2.75, 3.05) is 0 Å². The number of benzene rings is 3. The summed E-state index contributed by atoms with van der Waals surface area (Å²) in [5, 5.41) is 13.4. The molecule has 3 aromatic carbocycles. The van der Waals surface area contributed by atoms with Gasteiger partial charge in [-0.3, -0.25) is 4.79 Å². The first-order chi connectivity index (χ1) is 15.1. The number of para-hydroxylation sites is 1. The van der Waals surface area contributed by atoms with Crippen LogP contribution in [0.1, 0.15) is 44.7 Å². The molecular weight excluding hydrogens is 388 g/mol. The van der Waals surface area contributed by atoms with Crippen LogP contribution in [-0.2, 0) is 12.1 Å². The van der Waals surface area contributed by atoms with Gasteiger partial charge in [0.25, 0.3) is 5.91 Å². The molecule has 5 rings (SSSR count). The Bertz CT molecular complexity index is 1270. The highest BCUT2D eigenvalue weighted by Gasteiger charge is 2.46. The summed E-state index contributed by atoms with van der Waals surface area (Å²) in [6.07, 6.45) is 3.70. The topological polar surface area (TPSA) is 71.3 Å². The molecule has 154 valence electrons. The van der Waals surface area contributed by atoms with Gasteiger partial charge in [-0.25, -0.2) is 4.79 Å². The van der Waals surface area contributed by atoms with Crippen molar-refractivity contribution in [2.24, 2.45) is 0 Å². The second-order valence-electron chi connectivity index (χ2n) is 8.09. The van der Waals surface area contributed by atoms with Crippen molar-refractivity contribution in [2.45, 2.75) is 24.9 Å². The molecule has 4 aromatic rings. The molecule has 1 aromatic heterocycles. The van der Waals surface area contributed by atoms with Gasteiger partial charge in [0.1, 0.15) is 0 Å². The van der Waals surface area contributed by atoms with E-state index in [0.29, 0.717) is 12.1 Å². The molecule has 0 unspecified atom stereocenters. The summed E-state index contributed by atoms with van der Waals surface area (Å²) >= 11 is 0. The van der Waals surface area contributed by atoms with Gasteiger partial charge < -0.3 is 15.0 Å². The zero-order valence-corrected chi connectivity index (χ0v) is 16.9. The molecule has 1 aliphatic rings. The van der Waals surface area contributed by atoms with E-state index in [2.05, 4.69) is 22.0 Å². The molecule has 1 heterocycles. The molecule has 0 atom stereocenters. The van der Waals surface area contributed by atoms with E-state index < -0.39 is 11.5 Å². The molecular formula is C26H22N2O3. The first-order valence-corrected chi connectivity index (χ1v) is 10.3. The standard InChI is InChI=1S/C26H22N2O3/c29-24(27-26(14-15-26)21-11-9-20(10-12-21)25(30)31)22-8-4-7-19-13-16-28(23(19)22)17-18-5-2-1-3-6-18/h1-13,16H,14-15,17H2,(H,27,29)(H,30,31). The van der Waals surface area contributed by atoms with Crippen molar-refractivity contribution >= 4 is 22.8 Å². The number of carboxylic acid groups (broad SMARTS) is 1. The fourth-order valence-electron chi connectivity index (χ4n) is 4.18. The lowest BCUT2D eigenvalue weighted by Crippen LogP contribution is -2.35. The zero-order chi connectivity index (χ0) is 21.4. The number of rotatable bonds is 6. The van der Waals surface area contributed by atoms with Crippen molar-refractivity contribution in [1.82, 2.24) is 9.88 Å². The summed E-state index contributed by atoms with van der Waals surface area (Å²) in [5.74, 6) is -1.07. The molecule has 1 amide bonds. The van der Waals surface area contributed by atoms with E-state index in [9.17, 15) is 9.59 Å². The highest BCUT2D eigenvalue weighted by molar-refractivity contribution is 6.06. The minimum atomic E-state index is -0.953. The fourth-order valence-corrected chi connectivity index (χ4v) is 4.18. The van der Waals surface area contributed by atoms with E-state index >= 15 is 0 Å². The Balaban J connectivity index is 1.45. The van der Waals surface area contributed by atoms with Gasteiger partial charge in [0.05, 0.1) is 22.2 Å². The number of carbonyl (C=O) groups excluding carboxylic acids is 1. The van der Waals surface area contributed by atoms with E-state index in [1.54, 1.807) is 24.3 Å². The minimum Gasteiger partial charge on any atom is -0.478 e. The maximum absolute atomic E-state index is 13.3. The zero-order valence-electron chi connectivity index (χ0n) is 16.9. The summed E-state index contributed by atoms with van der Waals surface area (Å²) in [5.41, 5.74) is 3.50. The normalized spacial score (nSPS) is 14.3. The van der Waals surface area contributed by atoms with Gasteiger partial charge in [0.15, 0.2) is 0 Å². The fraction of sp³-hybridized carbons (Fsp3) is 0.154. The number of hydrogen-bond donors (Lipinski definition) is 2. The SMILES string of the molecule is O=C(O)c1ccc(C2(NC(=O)c3cccc4ccn(Cc5ccccc5)c34)CC2)cc1. The predicted octanol–water partition coefficient (Wildman–Crippen LogP) is 4.81. The van der Waals surface area contributed by atoms with Gasteiger partial charge in [-0.1, -0.05) is 54.6 Å². The maximum Gasteiger partial charge on any atom is 0.335 e.